The number of methoxy groups -OCH3 is 1. The van der Waals surface area contributed by atoms with Crippen LogP contribution in [0.5, 0.6) is 0 Å². The van der Waals surface area contributed by atoms with Gasteiger partial charge >= 0.3 is 6.16 Å². The highest BCUT2D eigenvalue weighted by atomic mass is 32.1. The van der Waals surface area contributed by atoms with E-state index in [0.29, 0.717) is 0 Å². The maximum absolute atomic E-state index is 10.5. The van der Waals surface area contributed by atoms with E-state index >= 15 is 0 Å². The predicted molar refractivity (Wildman–Crippen MR) is 41.5 cm³/mol. The second kappa shape index (κ2) is 3.98. The van der Waals surface area contributed by atoms with E-state index in [1.807, 2.05) is 16.8 Å². The molecule has 0 aliphatic heterocycles. The second-order valence-corrected chi connectivity index (χ2v) is 2.65. The van der Waals surface area contributed by atoms with Gasteiger partial charge in [-0.05, 0) is 16.8 Å². The molecule has 1 rings (SSSR count). The molecule has 11 heavy (non-hydrogen) atoms. The van der Waals surface area contributed by atoms with Crippen LogP contribution < -0.4 is 0 Å². The third-order valence-electron chi connectivity index (χ3n) is 1.10. The van der Waals surface area contributed by atoms with Crippen LogP contribution in [-0.4, -0.2) is 13.3 Å². The first-order chi connectivity index (χ1) is 5.33. The molecule has 0 amide bonds. The van der Waals surface area contributed by atoms with Gasteiger partial charge in [-0.3, -0.25) is 0 Å². The zero-order chi connectivity index (χ0) is 8.10. The predicted octanol–water partition coefficient (Wildman–Crippen LogP) is 2.03. The molecule has 1 aromatic heterocycles. The first-order valence-corrected chi connectivity index (χ1v) is 3.99. The van der Waals surface area contributed by atoms with E-state index in [1.165, 1.54) is 7.11 Å². The number of carbonyl (C=O) groups excluding carboxylic acids is 1. The lowest BCUT2D eigenvalue weighted by Gasteiger charge is -1.99. The molecule has 0 spiro atoms. The van der Waals surface area contributed by atoms with Crippen molar-refractivity contribution in [1.29, 1.82) is 0 Å². The van der Waals surface area contributed by atoms with Crippen LogP contribution in [0.25, 0.3) is 0 Å². The van der Waals surface area contributed by atoms with Gasteiger partial charge in [-0.15, -0.1) is 0 Å². The van der Waals surface area contributed by atoms with Crippen LogP contribution in [0.2, 0.25) is 0 Å². The molecule has 60 valence electrons. The zero-order valence-electron chi connectivity index (χ0n) is 6.07. The number of hydrogen-bond acceptors (Lipinski definition) is 4. The number of thiophene rings is 1. The lowest BCUT2D eigenvalue weighted by molar-refractivity contribution is 0.0670. The lowest BCUT2D eigenvalue weighted by Crippen LogP contribution is -2.03. The molecule has 0 radical (unpaired) electrons. The molecule has 1 heterocycles. The summed E-state index contributed by atoms with van der Waals surface area (Å²) in [5.74, 6) is 0. The van der Waals surface area contributed by atoms with Gasteiger partial charge in [-0.2, -0.15) is 11.3 Å². The Labute approximate surface area is 68.6 Å². The van der Waals surface area contributed by atoms with Gasteiger partial charge in [0.2, 0.25) is 0 Å². The van der Waals surface area contributed by atoms with Gasteiger partial charge in [0.1, 0.15) is 6.61 Å². The summed E-state index contributed by atoms with van der Waals surface area (Å²) in [5.41, 5.74) is 0.986. The van der Waals surface area contributed by atoms with Crippen LogP contribution in [0.15, 0.2) is 16.8 Å². The largest absolute Gasteiger partial charge is 0.508 e. The molecule has 0 bridgehead atoms. The van der Waals surface area contributed by atoms with Crippen LogP contribution in [-0.2, 0) is 16.1 Å². The minimum absolute atomic E-state index is 0.288. The van der Waals surface area contributed by atoms with E-state index in [2.05, 4.69) is 9.47 Å². The third-order valence-corrected chi connectivity index (χ3v) is 1.84. The van der Waals surface area contributed by atoms with E-state index in [0.717, 1.165) is 5.56 Å². The van der Waals surface area contributed by atoms with Gasteiger partial charge in [0.15, 0.2) is 0 Å². The molecule has 0 aromatic carbocycles. The average Bonchev–Trinajstić information content (AvgIpc) is 2.52. The highest BCUT2D eigenvalue weighted by Crippen LogP contribution is 2.07. The first kappa shape index (κ1) is 8.07. The van der Waals surface area contributed by atoms with Crippen molar-refractivity contribution in [3.05, 3.63) is 22.4 Å². The summed E-state index contributed by atoms with van der Waals surface area (Å²) in [4.78, 5) is 10.5. The van der Waals surface area contributed by atoms with Gasteiger partial charge in [-0.1, -0.05) is 0 Å². The van der Waals surface area contributed by atoms with Gasteiger partial charge in [0.25, 0.3) is 0 Å². The molecule has 1 aromatic rings. The fraction of sp³-hybridized carbons (Fsp3) is 0.286. The third kappa shape index (κ3) is 2.59. The summed E-state index contributed by atoms with van der Waals surface area (Å²) in [7, 11) is 1.29. The molecule has 0 aliphatic carbocycles. The minimum atomic E-state index is -0.642. The molecule has 4 heteroatoms. The van der Waals surface area contributed by atoms with Crippen LogP contribution in [0.3, 0.4) is 0 Å². The molecule has 0 aliphatic rings. The highest BCUT2D eigenvalue weighted by Gasteiger charge is 2.00. The van der Waals surface area contributed by atoms with Crippen molar-refractivity contribution in [2.24, 2.45) is 0 Å². The van der Waals surface area contributed by atoms with Crippen molar-refractivity contribution in [3.63, 3.8) is 0 Å². The van der Waals surface area contributed by atoms with Gasteiger partial charge in [0, 0.05) is 5.56 Å². The molecular formula is C7H8O3S. The summed E-state index contributed by atoms with van der Waals surface area (Å²) in [6.45, 7) is 0.288. The molecule has 0 saturated heterocycles. The Kier molecular flexibility index (Phi) is 2.92. The lowest BCUT2D eigenvalue weighted by atomic mass is 10.4. The summed E-state index contributed by atoms with van der Waals surface area (Å²) < 4.78 is 8.97. The van der Waals surface area contributed by atoms with Gasteiger partial charge in [0.05, 0.1) is 7.11 Å². The Balaban J connectivity index is 2.29. The topological polar surface area (TPSA) is 35.5 Å². The van der Waals surface area contributed by atoms with Crippen molar-refractivity contribution >= 4 is 17.5 Å². The van der Waals surface area contributed by atoms with Gasteiger partial charge < -0.3 is 9.47 Å². The minimum Gasteiger partial charge on any atom is -0.438 e. The zero-order valence-corrected chi connectivity index (χ0v) is 6.89. The molecule has 0 N–H and O–H groups in total. The summed E-state index contributed by atoms with van der Waals surface area (Å²) >= 11 is 1.57. The smallest absolute Gasteiger partial charge is 0.438 e. The van der Waals surface area contributed by atoms with Crippen LogP contribution >= 0.6 is 11.3 Å². The van der Waals surface area contributed by atoms with Crippen molar-refractivity contribution in [1.82, 2.24) is 0 Å². The van der Waals surface area contributed by atoms with Crippen molar-refractivity contribution in [2.75, 3.05) is 7.11 Å². The molecule has 0 saturated carbocycles. The Morgan fingerprint density at radius 1 is 1.73 bits per heavy atom. The number of carbonyl (C=O) groups is 1. The Bertz CT molecular complexity index is 218. The van der Waals surface area contributed by atoms with E-state index in [4.69, 9.17) is 0 Å². The molecular weight excluding hydrogens is 164 g/mol. The Hall–Kier alpha value is -1.03. The quantitative estimate of drug-likeness (QED) is 0.640. The van der Waals surface area contributed by atoms with Crippen molar-refractivity contribution in [3.8, 4) is 0 Å². The maximum Gasteiger partial charge on any atom is 0.508 e. The van der Waals surface area contributed by atoms with E-state index in [1.54, 1.807) is 11.3 Å². The van der Waals surface area contributed by atoms with Crippen molar-refractivity contribution < 1.29 is 14.3 Å². The number of hydrogen-bond donors (Lipinski definition) is 0. The van der Waals surface area contributed by atoms with Crippen LogP contribution in [0.1, 0.15) is 5.56 Å². The number of rotatable bonds is 2. The SMILES string of the molecule is COC(=O)OCc1ccsc1. The second-order valence-electron chi connectivity index (χ2n) is 1.87. The van der Waals surface area contributed by atoms with E-state index in [-0.39, 0.29) is 6.61 Å². The Morgan fingerprint density at radius 3 is 3.09 bits per heavy atom. The normalized spacial score (nSPS) is 9.18. The van der Waals surface area contributed by atoms with E-state index in [9.17, 15) is 4.79 Å². The van der Waals surface area contributed by atoms with Crippen LogP contribution in [0.4, 0.5) is 4.79 Å². The van der Waals surface area contributed by atoms with Crippen molar-refractivity contribution in [2.45, 2.75) is 6.61 Å². The molecule has 0 atom stereocenters. The highest BCUT2D eigenvalue weighted by molar-refractivity contribution is 7.07. The fourth-order valence-electron chi connectivity index (χ4n) is 0.576. The summed E-state index contributed by atoms with van der Waals surface area (Å²) in [5, 5.41) is 3.85. The number of ether oxygens (including phenoxy) is 2. The first-order valence-electron chi connectivity index (χ1n) is 3.04. The molecule has 0 fully saturated rings. The maximum atomic E-state index is 10.5. The van der Waals surface area contributed by atoms with E-state index < -0.39 is 6.16 Å². The molecule has 3 nitrogen and oxygen atoms in total. The fourth-order valence-corrected chi connectivity index (χ4v) is 1.23. The molecule has 0 unspecified atom stereocenters. The van der Waals surface area contributed by atoms with Crippen LogP contribution in [0, 0.1) is 0 Å². The monoisotopic (exact) mass is 172 g/mol. The standard InChI is InChI=1S/C7H8O3S/c1-9-7(8)10-4-6-2-3-11-5-6/h2-3,5H,4H2,1H3. The average molecular weight is 172 g/mol. The summed E-state index contributed by atoms with van der Waals surface area (Å²) in [6.07, 6.45) is -0.642. The summed E-state index contributed by atoms with van der Waals surface area (Å²) in [6, 6.07) is 1.90. The van der Waals surface area contributed by atoms with Gasteiger partial charge in [-0.25, -0.2) is 4.79 Å². The Morgan fingerprint density at radius 2 is 2.55 bits per heavy atom.